The summed E-state index contributed by atoms with van der Waals surface area (Å²) >= 11 is 0. The highest BCUT2D eigenvalue weighted by Crippen LogP contribution is 2.31. The van der Waals surface area contributed by atoms with E-state index in [0.29, 0.717) is 53.4 Å². The average molecular weight is 516 g/mol. The van der Waals surface area contributed by atoms with Gasteiger partial charge in [0.1, 0.15) is 29.2 Å². The van der Waals surface area contributed by atoms with E-state index in [2.05, 4.69) is 20.2 Å². The average Bonchev–Trinajstić information content (AvgIpc) is 3.80. The van der Waals surface area contributed by atoms with Crippen LogP contribution < -0.4 is 19.7 Å². The number of carbonyl (C=O) groups excluding carboxylic acids is 1. The van der Waals surface area contributed by atoms with Crippen molar-refractivity contribution in [2.24, 2.45) is 11.8 Å². The Labute approximate surface area is 221 Å². The molecule has 0 bridgehead atoms. The van der Waals surface area contributed by atoms with Gasteiger partial charge in [0, 0.05) is 43.0 Å². The number of halogens is 1. The van der Waals surface area contributed by atoms with E-state index in [4.69, 9.17) is 14.7 Å². The molecule has 1 N–H and O–H groups in total. The van der Waals surface area contributed by atoms with Crippen molar-refractivity contribution in [2.45, 2.75) is 25.7 Å². The number of nitrogens with one attached hydrogen (secondary N) is 1. The van der Waals surface area contributed by atoms with Crippen LogP contribution in [0, 0.1) is 29.0 Å². The van der Waals surface area contributed by atoms with Gasteiger partial charge in [-0.3, -0.25) is 4.79 Å². The molecule has 5 rings (SSSR count). The number of hydrogen-bond donors (Lipinski definition) is 1. The predicted molar refractivity (Wildman–Crippen MR) is 141 cm³/mol. The molecule has 196 valence electrons. The second-order valence-corrected chi connectivity index (χ2v) is 9.84. The predicted octanol–water partition coefficient (Wildman–Crippen LogP) is 4.60. The van der Waals surface area contributed by atoms with Crippen LogP contribution in [0.2, 0.25) is 0 Å². The van der Waals surface area contributed by atoms with Crippen molar-refractivity contribution >= 4 is 11.7 Å². The highest BCUT2D eigenvalue weighted by molar-refractivity contribution is 5.95. The minimum atomic E-state index is -0.560. The van der Waals surface area contributed by atoms with Crippen molar-refractivity contribution in [1.29, 1.82) is 5.26 Å². The van der Waals surface area contributed by atoms with Gasteiger partial charge in [-0.15, -0.1) is 0 Å². The second kappa shape index (κ2) is 11.5. The Kier molecular flexibility index (Phi) is 7.68. The quantitative estimate of drug-likeness (QED) is 0.445. The number of anilines is 1. The van der Waals surface area contributed by atoms with Crippen molar-refractivity contribution in [2.75, 3.05) is 38.3 Å². The lowest BCUT2D eigenvalue weighted by Gasteiger charge is -2.33. The van der Waals surface area contributed by atoms with Crippen LogP contribution in [-0.2, 0) is 0 Å². The number of hydrogen-bond acceptors (Lipinski definition) is 7. The minimum absolute atomic E-state index is 0.0321. The first-order chi connectivity index (χ1) is 18.5. The standard InChI is InChI=1S/C29H30FN5O3/c1-37-24-13-22(14-25(15-24)38-18-20-2-3-20)29(36)33-17-19-7-10-35(11-8-19)27-6-9-32-28(34-27)21-4-5-26(30)23(12-21)16-31/h4-6,9,12-15,19-20H,2-3,7-8,10-11,17-18H2,1H3,(H,33,36). The lowest BCUT2D eigenvalue weighted by atomic mass is 9.96. The fourth-order valence-electron chi connectivity index (χ4n) is 4.52. The van der Waals surface area contributed by atoms with Gasteiger partial charge >= 0.3 is 0 Å². The van der Waals surface area contributed by atoms with Crippen molar-refractivity contribution in [3.63, 3.8) is 0 Å². The highest BCUT2D eigenvalue weighted by Gasteiger charge is 2.23. The Balaban J connectivity index is 1.15. The SMILES string of the molecule is COc1cc(OCC2CC2)cc(C(=O)NCC2CCN(c3ccnc(-c4ccc(F)c(C#N)c4)n3)CC2)c1. The molecule has 1 aromatic heterocycles. The van der Waals surface area contributed by atoms with Crippen molar-refractivity contribution in [1.82, 2.24) is 15.3 Å². The summed E-state index contributed by atoms with van der Waals surface area (Å²) in [4.78, 5) is 24.0. The van der Waals surface area contributed by atoms with Gasteiger partial charge in [-0.05, 0) is 73.9 Å². The summed E-state index contributed by atoms with van der Waals surface area (Å²) in [7, 11) is 1.58. The van der Waals surface area contributed by atoms with Crippen molar-refractivity contribution in [3.05, 3.63) is 65.6 Å². The summed E-state index contributed by atoms with van der Waals surface area (Å²) in [5, 5.41) is 12.2. The first kappa shape index (κ1) is 25.5. The molecule has 0 radical (unpaired) electrons. The molecular weight excluding hydrogens is 485 g/mol. The molecule has 2 aromatic carbocycles. The largest absolute Gasteiger partial charge is 0.497 e. The molecule has 1 saturated heterocycles. The first-order valence-electron chi connectivity index (χ1n) is 12.9. The van der Waals surface area contributed by atoms with Gasteiger partial charge in [0.2, 0.25) is 0 Å². The fraction of sp³-hybridized carbons (Fsp3) is 0.379. The number of methoxy groups -OCH3 is 1. The summed E-state index contributed by atoms with van der Waals surface area (Å²) < 4.78 is 24.9. The summed E-state index contributed by atoms with van der Waals surface area (Å²) in [6.45, 7) is 2.85. The summed E-state index contributed by atoms with van der Waals surface area (Å²) in [5.74, 6) is 2.77. The van der Waals surface area contributed by atoms with Gasteiger partial charge in [0.25, 0.3) is 5.91 Å². The first-order valence-corrected chi connectivity index (χ1v) is 12.9. The van der Waals surface area contributed by atoms with Crippen LogP contribution in [0.1, 0.15) is 41.6 Å². The van der Waals surface area contributed by atoms with Crippen molar-refractivity contribution < 1.29 is 18.7 Å². The second-order valence-electron chi connectivity index (χ2n) is 9.84. The van der Waals surface area contributed by atoms with Crippen LogP contribution in [0.25, 0.3) is 11.4 Å². The zero-order valence-corrected chi connectivity index (χ0v) is 21.3. The van der Waals surface area contributed by atoms with E-state index < -0.39 is 5.82 Å². The van der Waals surface area contributed by atoms with Gasteiger partial charge in [0.15, 0.2) is 5.82 Å². The molecule has 3 aromatic rings. The number of amides is 1. The van der Waals surface area contributed by atoms with Crippen LogP contribution in [0.3, 0.4) is 0 Å². The van der Waals surface area contributed by atoms with E-state index in [-0.39, 0.29) is 11.5 Å². The normalized spacial score (nSPS) is 15.6. The Morgan fingerprint density at radius 1 is 1.11 bits per heavy atom. The molecule has 1 aliphatic heterocycles. The molecule has 0 atom stereocenters. The third-order valence-corrected chi connectivity index (χ3v) is 7.04. The van der Waals surface area contributed by atoms with Crippen LogP contribution >= 0.6 is 0 Å². The van der Waals surface area contributed by atoms with E-state index in [1.807, 2.05) is 18.2 Å². The van der Waals surface area contributed by atoms with Gasteiger partial charge in [-0.1, -0.05) is 0 Å². The lowest BCUT2D eigenvalue weighted by Crippen LogP contribution is -2.39. The highest BCUT2D eigenvalue weighted by atomic mass is 19.1. The maximum Gasteiger partial charge on any atom is 0.251 e. The maximum atomic E-state index is 13.7. The summed E-state index contributed by atoms with van der Waals surface area (Å²) in [6, 6.07) is 13.3. The maximum absolute atomic E-state index is 13.7. The molecule has 1 saturated carbocycles. The number of piperidine rings is 1. The van der Waals surface area contributed by atoms with E-state index in [1.165, 1.54) is 25.0 Å². The summed E-state index contributed by atoms with van der Waals surface area (Å²) in [5.41, 5.74) is 1.10. The number of rotatable bonds is 9. The number of benzene rings is 2. The Bertz CT molecular complexity index is 1350. The Hall–Kier alpha value is -4.19. The molecule has 0 spiro atoms. The molecule has 2 fully saturated rings. The lowest BCUT2D eigenvalue weighted by molar-refractivity contribution is 0.0944. The zero-order valence-electron chi connectivity index (χ0n) is 21.3. The number of ether oxygens (including phenoxy) is 2. The van der Waals surface area contributed by atoms with Crippen LogP contribution in [0.15, 0.2) is 48.7 Å². The molecule has 2 heterocycles. The number of nitriles is 1. The Morgan fingerprint density at radius 3 is 2.63 bits per heavy atom. The molecule has 1 amide bonds. The van der Waals surface area contributed by atoms with Crippen LogP contribution in [0.4, 0.5) is 10.2 Å². The molecular formula is C29H30FN5O3. The van der Waals surface area contributed by atoms with Crippen LogP contribution in [0.5, 0.6) is 11.5 Å². The molecule has 38 heavy (non-hydrogen) atoms. The zero-order chi connectivity index (χ0) is 26.5. The number of aromatic nitrogens is 2. The molecule has 8 nitrogen and oxygen atoms in total. The van der Waals surface area contributed by atoms with E-state index in [0.717, 1.165) is 31.7 Å². The van der Waals surface area contributed by atoms with Gasteiger partial charge in [-0.2, -0.15) is 5.26 Å². The van der Waals surface area contributed by atoms with Crippen molar-refractivity contribution in [3.8, 4) is 29.0 Å². The van der Waals surface area contributed by atoms with Gasteiger partial charge < -0.3 is 19.7 Å². The molecule has 9 heteroatoms. The van der Waals surface area contributed by atoms with E-state index >= 15 is 0 Å². The number of nitrogens with zero attached hydrogens (tertiary/aromatic N) is 4. The Morgan fingerprint density at radius 2 is 1.89 bits per heavy atom. The van der Waals surface area contributed by atoms with Gasteiger partial charge in [-0.25, -0.2) is 14.4 Å². The van der Waals surface area contributed by atoms with Crippen LogP contribution in [-0.4, -0.2) is 49.2 Å². The molecule has 1 aliphatic carbocycles. The van der Waals surface area contributed by atoms with E-state index in [9.17, 15) is 9.18 Å². The topological polar surface area (TPSA) is 100 Å². The molecule has 0 unspecified atom stereocenters. The monoisotopic (exact) mass is 515 g/mol. The smallest absolute Gasteiger partial charge is 0.251 e. The minimum Gasteiger partial charge on any atom is -0.497 e. The fourth-order valence-corrected chi connectivity index (χ4v) is 4.52. The third kappa shape index (κ3) is 6.20. The third-order valence-electron chi connectivity index (χ3n) is 7.04. The molecule has 2 aliphatic rings. The van der Waals surface area contributed by atoms with E-state index in [1.54, 1.807) is 31.5 Å². The summed E-state index contributed by atoms with van der Waals surface area (Å²) in [6.07, 6.45) is 5.89. The number of carbonyl (C=O) groups is 1. The van der Waals surface area contributed by atoms with Gasteiger partial charge in [0.05, 0.1) is 19.3 Å².